The minimum atomic E-state index is -0.323. The number of imidazole rings is 1. The molecule has 53 heavy (non-hydrogen) atoms. The monoisotopic (exact) mass is 720 g/mol. The molecule has 0 bridgehead atoms. The number of hydrogen-bond donors (Lipinski definition) is 0. The number of carbonyl (C=O) groups excluding carboxylic acids is 1. The highest BCUT2D eigenvalue weighted by Gasteiger charge is 2.28. The lowest BCUT2D eigenvalue weighted by molar-refractivity contribution is -0.147. The first-order valence-corrected chi connectivity index (χ1v) is 18.9. The average molecular weight is 721 g/mol. The van der Waals surface area contributed by atoms with E-state index in [1.54, 1.807) is 0 Å². The van der Waals surface area contributed by atoms with E-state index in [0.29, 0.717) is 18.9 Å². The van der Waals surface area contributed by atoms with Gasteiger partial charge in [0, 0.05) is 44.9 Å². The van der Waals surface area contributed by atoms with E-state index < -0.39 is 0 Å². The van der Waals surface area contributed by atoms with Gasteiger partial charge in [-0.05, 0) is 87.6 Å². The van der Waals surface area contributed by atoms with Crippen LogP contribution in [0.1, 0.15) is 76.7 Å². The standard InChI is InChI=1S/C43H53FN6O3/c1-3-4-5-6-7-8-9-10-11-12-13-14-15-16-17-22-41(52)53-34-50-40(51)27-30-45-42(50)47(2)37-28-31-48(32-29-37)43-46-38-20-18-19-21-39(38)49(43)33-35-23-25-36(44)26-24-35/h4-5,7-8,10-11,13-14,18-21,23-27,30,37H,3,6,9,12,15-17,22,28-29,31-34H2,1-2H3. The molecule has 0 unspecified atom stereocenters. The van der Waals surface area contributed by atoms with Gasteiger partial charge in [-0.25, -0.2) is 18.9 Å². The molecule has 2 aromatic carbocycles. The maximum absolute atomic E-state index is 13.6. The summed E-state index contributed by atoms with van der Waals surface area (Å²) in [5.74, 6) is 0.788. The molecular weight excluding hydrogens is 668 g/mol. The normalized spacial score (nSPS) is 14.1. The lowest BCUT2D eigenvalue weighted by Gasteiger charge is -2.38. The SMILES string of the molecule is CCC=CCC=CCC=CCC=CCCCCC(=O)OCn1c(N(C)C2CCN(c3nc4ccccc4n3Cc3ccc(F)cc3)CC2)nccc1=O. The fourth-order valence-corrected chi connectivity index (χ4v) is 6.52. The van der Waals surface area contributed by atoms with Crippen LogP contribution in [-0.2, 0) is 22.8 Å². The summed E-state index contributed by atoms with van der Waals surface area (Å²) in [6.45, 7) is 4.07. The Kier molecular flexibility index (Phi) is 15.2. The molecule has 0 amide bonds. The third-order valence-corrected chi connectivity index (χ3v) is 9.49. The molecule has 0 saturated carbocycles. The van der Waals surface area contributed by atoms with Crippen molar-refractivity contribution in [3.05, 3.63) is 131 Å². The second-order valence-electron chi connectivity index (χ2n) is 13.3. The van der Waals surface area contributed by atoms with E-state index in [0.717, 1.165) is 93.4 Å². The van der Waals surface area contributed by atoms with E-state index in [1.807, 2.05) is 42.3 Å². The smallest absolute Gasteiger partial charge is 0.307 e. The van der Waals surface area contributed by atoms with E-state index in [4.69, 9.17) is 9.72 Å². The molecule has 1 aliphatic rings. The van der Waals surface area contributed by atoms with Crippen LogP contribution in [0.3, 0.4) is 0 Å². The summed E-state index contributed by atoms with van der Waals surface area (Å²) >= 11 is 0. The van der Waals surface area contributed by atoms with Gasteiger partial charge in [-0.2, -0.15) is 0 Å². The van der Waals surface area contributed by atoms with Gasteiger partial charge in [-0.3, -0.25) is 9.59 Å². The van der Waals surface area contributed by atoms with Crippen LogP contribution in [0, 0.1) is 5.82 Å². The number of aromatic nitrogens is 4. The van der Waals surface area contributed by atoms with Gasteiger partial charge in [0.05, 0.1) is 17.6 Å². The van der Waals surface area contributed by atoms with Gasteiger partial charge in [0.2, 0.25) is 11.9 Å². The fourth-order valence-electron chi connectivity index (χ4n) is 6.52. The number of nitrogens with zero attached hydrogens (tertiary/aromatic N) is 6. The molecule has 2 aromatic heterocycles. The molecule has 9 nitrogen and oxygen atoms in total. The molecule has 1 fully saturated rings. The molecule has 280 valence electrons. The molecule has 1 aliphatic heterocycles. The van der Waals surface area contributed by atoms with Crippen molar-refractivity contribution in [3.8, 4) is 0 Å². The Hall–Kier alpha value is -5.25. The number of allylic oxidation sites excluding steroid dienone is 8. The predicted molar refractivity (Wildman–Crippen MR) is 213 cm³/mol. The summed E-state index contributed by atoms with van der Waals surface area (Å²) in [4.78, 5) is 39.4. The number of unbranched alkanes of at least 4 members (excludes halogenated alkanes) is 2. The summed E-state index contributed by atoms with van der Waals surface area (Å²) in [7, 11) is 1.94. The highest BCUT2D eigenvalue weighted by molar-refractivity contribution is 5.79. The molecule has 0 aliphatic carbocycles. The lowest BCUT2D eigenvalue weighted by Crippen LogP contribution is -2.46. The number of halogens is 1. The number of fused-ring (bicyclic) bond motifs is 1. The zero-order valence-corrected chi connectivity index (χ0v) is 31.2. The van der Waals surface area contributed by atoms with E-state index in [-0.39, 0.29) is 30.1 Å². The van der Waals surface area contributed by atoms with Gasteiger partial charge in [0.1, 0.15) is 5.82 Å². The van der Waals surface area contributed by atoms with Crippen molar-refractivity contribution in [1.82, 2.24) is 19.1 Å². The summed E-state index contributed by atoms with van der Waals surface area (Å²) in [6.07, 6.45) is 27.3. The van der Waals surface area contributed by atoms with Crippen LogP contribution in [-0.4, -0.2) is 51.3 Å². The predicted octanol–water partition coefficient (Wildman–Crippen LogP) is 8.75. The van der Waals surface area contributed by atoms with Crippen LogP contribution >= 0.6 is 0 Å². The maximum Gasteiger partial charge on any atom is 0.307 e. The number of piperidine rings is 1. The molecule has 0 atom stereocenters. The number of benzene rings is 2. The summed E-state index contributed by atoms with van der Waals surface area (Å²) in [5, 5.41) is 0. The van der Waals surface area contributed by atoms with Crippen molar-refractivity contribution in [2.75, 3.05) is 29.9 Å². The van der Waals surface area contributed by atoms with Gasteiger partial charge < -0.3 is 19.1 Å². The Morgan fingerprint density at radius 2 is 1.57 bits per heavy atom. The van der Waals surface area contributed by atoms with E-state index >= 15 is 0 Å². The number of esters is 1. The van der Waals surface area contributed by atoms with Crippen LogP contribution in [0.25, 0.3) is 11.0 Å². The van der Waals surface area contributed by atoms with Gasteiger partial charge in [-0.1, -0.05) is 79.8 Å². The first-order valence-electron chi connectivity index (χ1n) is 18.9. The molecule has 0 radical (unpaired) electrons. The quantitative estimate of drug-likeness (QED) is 0.0544. The average Bonchev–Trinajstić information content (AvgIpc) is 3.54. The summed E-state index contributed by atoms with van der Waals surface area (Å²) in [6, 6.07) is 16.2. The molecular formula is C43H53FN6O3. The molecule has 5 rings (SSSR count). The van der Waals surface area contributed by atoms with Gasteiger partial charge in [0.15, 0.2) is 6.73 Å². The van der Waals surface area contributed by atoms with E-state index in [2.05, 4.69) is 76.0 Å². The number of ether oxygens (including phenoxy) is 1. The van der Waals surface area contributed by atoms with Gasteiger partial charge in [0.25, 0.3) is 5.56 Å². The second kappa shape index (κ2) is 20.7. The van der Waals surface area contributed by atoms with Crippen molar-refractivity contribution >= 4 is 28.9 Å². The van der Waals surface area contributed by atoms with Crippen molar-refractivity contribution < 1.29 is 13.9 Å². The Bertz CT molecular complexity index is 1920. The van der Waals surface area contributed by atoms with Crippen LogP contribution in [0.2, 0.25) is 0 Å². The van der Waals surface area contributed by atoms with E-state index in [9.17, 15) is 14.0 Å². The van der Waals surface area contributed by atoms with Crippen molar-refractivity contribution in [1.29, 1.82) is 0 Å². The topological polar surface area (TPSA) is 85.5 Å². The number of hydrogen-bond acceptors (Lipinski definition) is 7. The van der Waals surface area contributed by atoms with Crippen LogP contribution in [0.15, 0.2) is 114 Å². The molecule has 0 N–H and O–H groups in total. The maximum atomic E-state index is 13.6. The third kappa shape index (κ3) is 11.6. The number of anilines is 2. The van der Waals surface area contributed by atoms with Crippen molar-refractivity contribution in [2.24, 2.45) is 0 Å². The third-order valence-electron chi connectivity index (χ3n) is 9.49. The minimum absolute atomic E-state index is 0.121. The highest BCUT2D eigenvalue weighted by atomic mass is 19.1. The minimum Gasteiger partial charge on any atom is -0.444 e. The van der Waals surface area contributed by atoms with Crippen molar-refractivity contribution in [3.63, 3.8) is 0 Å². The van der Waals surface area contributed by atoms with Gasteiger partial charge in [-0.15, -0.1) is 0 Å². The largest absolute Gasteiger partial charge is 0.444 e. The van der Waals surface area contributed by atoms with Crippen LogP contribution in [0.5, 0.6) is 0 Å². The number of rotatable bonds is 19. The molecule has 3 heterocycles. The van der Waals surface area contributed by atoms with Crippen LogP contribution in [0.4, 0.5) is 16.3 Å². The molecule has 0 spiro atoms. The Morgan fingerprint density at radius 3 is 2.28 bits per heavy atom. The Labute approximate surface area is 312 Å². The van der Waals surface area contributed by atoms with Crippen molar-refractivity contribution in [2.45, 2.75) is 90.4 Å². The summed E-state index contributed by atoms with van der Waals surface area (Å²) in [5.41, 5.74) is 2.69. The first kappa shape index (κ1) is 39.0. The first-order chi connectivity index (χ1) is 25.9. The van der Waals surface area contributed by atoms with Crippen LogP contribution < -0.4 is 15.4 Å². The number of carbonyl (C=O) groups is 1. The Morgan fingerprint density at radius 1 is 0.887 bits per heavy atom. The fraction of sp³-hybridized carbons (Fsp3) is 0.395. The highest BCUT2D eigenvalue weighted by Crippen LogP contribution is 2.28. The zero-order valence-electron chi connectivity index (χ0n) is 31.2. The van der Waals surface area contributed by atoms with Gasteiger partial charge >= 0.3 is 5.97 Å². The molecule has 10 heteroatoms. The number of para-hydroxylation sites is 2. The molecule has 4 aromatic rings. The Balaban J connectivity index is 1.07. The lowest BCUT2D eigenvalue weighted by atomic mass is 10.0. The van der Waals surface area contributed by atoms with E-state index in [1.165, 1.54) is 29.0 Å². The molecule has 1 saturated heterocycles. The second-order valence-corrected chi connectivity index (χ2v) is 13.3. The summed E-state index contributed by atoms with van der Waals surface area (Å²) < 4.78 is 22.8. The zero-order chi connectivity index (χ0) is 37.3.